The largest absolute Gasteiger partial charge is 0.452 e. The summed E-state index contributed by atoms with van der Waals surface area (Å²) in [5, 5.41) is 6.87. The van der Waals surface area contributed by atoms with Crippen LogP contribution in [-0.2, 0) is 0 Å². The van der Waals surface area contributed by atoms with E-state index in [9.17, 15) is 0 Å². The Balaban J connectivity index is 0.000000141. The molecule has 6 heterocycles. The third-order valence-corrected chi connectivity index (χ3v) is 21.7. The predicted octanol–water partition coefficient (Wildman–Crippen LogP) is 27.6. The standard InChI is InChI=1S/2C52H33N3O/c1-4-14-34(15-5-1)35-26-28-36(29-27-35)49-51-50(54-52(53-49)37-16-6-2-7-17-37)44-33-39(30-31-47(44)56-51)38-18-12-19-40(32-38)42-23-13-25-46-48(42)43-22-10-11-24-45(43)55(46)41-20-8-3-9-21-41;1-4-13-34(14-5-1)35-23-25-36(26-24-35)49-51-50(54-52(53-49)37-15-6-2-7-16-37)45-33-41(28-30-48(45)56-51)39-18-12-17-38(31-39)40-27-29-47-44(32-40)43-21-10-11-22-46(43)55(47)42-19-8-3-9-20-42/h2*1-33H. The highest BCUT2D eigenvalue weighted by Gasteiger charge is 2.24. The number of fused-ring (bicyclic) bond motifs is 12. The number of hydrogen-bond acceptors (Lipinski definition) is 6. The van der Waals surface area contributed by atoms with Gasteiger partial charge < -0.3 is 18.0 Å². The van der Waals surface area contributed by atoms with Crippen LogP contribution in [0, 0.1) is 0 Å². The van der Waals surface area contributed by atoms with Gasteiger partial charge in [0.15, 0.2) is 22.8 Å². The third kappa shape index (κ3) is 11.7. The quantitative estimate of drug-likeness (QED) is 0.121. The van der Waals surface area contributed by atoms with E-state index in [2.05, 4.69) is 361 Å². The summed E-state index contributed by atoms with van der Waals surface area (Å²) in [6.45, 7) is 0. The summed E-state index contributed by atoms with van der Waals surface area (Å²) in [5.74, 6) is 1.33. The molecular weight excluding hydrogens is 1370 g/mol. The fourth-order valence-corrected chi connectivity index (χ4v) is 16.2. The highest BCUT2D eigenvalue weighted by atomic mass is 16.3. The van der Waals surface area contributed by atoms with Gasteiger partial charge in [-0.3, -0.25) is 0 Å². The van der Waals surface area contributed by atoms with Crippen LogP contribution in [0.5, 0.6) is 0 Å². The lowest BCUT2D eigenvalue weighted by molar-refractivity contribution is 0.667. The molecule has 0 bridgehead atoms. The first kappa shape index (κ1) is 65.2. The fraction of sp³-hybridized carbons (Fsp3) is 0. The molecular formula is C104H66N6O2. The number of furan rings is 2. The highest BCUT2D eigenvalue weighted by molar-refractivity contribution is 6.17. The monoisotopic (exact) mass is 1430 g/mol. The van der Waals surface area contributed by atoms with Gasteiger partial charge in [0.1, 0.15) is 33.6 Å². The molecule has 524 valence electrons. The molecule has 0 aliphatic carbocycles. The zero-order valence-electron chi connectivity index (χ0n) is 60.6. The molecule has 6 aromatic heterocycles. The van der Waals surface area contributed by atoms with Crippen LogP contribution in [0.4, 0.5) is 0 Å². The molecule has 0 aliphatic rings. The van der Waals surface area contributed by atoms with Crippen LogP contribution in [-0.4, -0.2) is 29.1 Å². The summed E-state index contributed by atoms with van der Waals surface area (Å²) in [6, 6.07) is 141. The molecule has 0 saturated heterocycles. The van der Waals surface area contributed by atoms with Crippen LogP contribution < -0.4 is 0 Å². The van der Waals surface area contributed by atoms with Crippen molar-refractivity contribution in [2.45, 2.75) is 0 Å². The Labute approximate surface area is 645 Å². The fourth-order valence-electron chi connectivity index (χ4n) is 16.2. The van der Waals surface area contributed by atoms with Crippen LogP contribution in [0.25, 0.3) is 211 Å². The van der Waals surface area contributed by atoms with Gasteiger partial charge in [-0.25, -0.2) is 19.9 Å². The maximum absolute atomic E-state index is 6.63. The molecule has 0 aliphatic heterocycles. The molecule has 0 spiro atoms. The molecule has 16 aromatic carbocycles. The Morgan fingerprint density at radius 3 is 1.01 bits per heavy atom. The molecule has 8 nitrogen and oxygen atoms in total. The zero-order chi connectivity index (χ0) is 74.0. The lowest BCUT2D eigenvalue weighted by atomic mass is 9.95. The van der Waals surface area contributed by atoms with E-state index in [0.717, 1.165) is 122 Å². The second-order valence-electron chi connectivity index (χ2n) is 28.4. The Kier molecular flexibility index (Phi) is 16.1. The molecule has 0 N–H and O–H groups in total. The van der Waals surface area contributed by atoms with Crippen molar-refractivity contribution in [3.8, 4) is 123 Å². The molecule has 112 heavy (non-hydrogen) atoms. The normalized spacial score (nSPS) is 11.6. The van der Waals surface area contributed by atoms with Crippen molar-refractivity contribution >= 4 is 87.7 Å². The summed E-state index contributed by atoms with van der Waals surface area (Å²) in [5.41, 5.74) is 30.8. The van der Waals surface area contributed by atoms with Crippen LogP contribution >= 0.6 is 0 Å². The van der Waals surface area contributed by atoms with Gasteiger partial charge in [0.05, 0.1) is 22.1 Å². The predicted molar refractivity (Wildman–Crippen MR) is 462 cm³/mol. The van der Waals surface area contributed by atoms with E-state index in [0.29, 0.717) is 22.8 Å². The Hall–Kier alpha value is -15.1. The van der Waals surface area contributed by atoms with Crippen molar-refractivity contribution < 1.29 is 8.83 Å². The summed E-state index contributed by atoms with van der Waals surface area (Å²) < 4.78 is 18.0. The number of hydrogen-bond donors (Lipinski definition) is 0. The number of aromatic nitrogens is 6. The van der Waals surface area contributed by atoms with Crippen LogP contribution in [0.3, 0.4) is 0 Å². The molecule has 22 rings (SSSR count). The summed E-state index contributed by atoms with van der Waals surface area (Å²) in [7, 11) is 0. The van der Waals surface area contributed by atoms with Gasteiger partial charge in [-0.2, -0.15) is 0 Å². The molecule has 0 fully saturated rings. The topological polar surface area (TPSA) is 87.7 Å². The van der Waals surface area contributed by atoms with Crippen LogP contribution in [0.2, 0.25) is 0 Å². The average molecular weight is 1430 g/mol. The minimum atomic E-state index is 0.665. The molecule has 0 saturated carbocycles. The van der Waals surface area contributed by atoms with E-state index in [1.165, 1.54) is 65.9 Å². The second-order valence-corrected chi connectivity index (χ2v) is 28.4. The number of rotatable bonds is 12. The van der Waals surface area contributed by atoms with Crippen molar-refractivity contribution in [2.24, 2.45) is 0 Å². The van der Waals surface area contributed by atoms with E-state index in [-0.39, 0.29) is 0 Å². The maximum Gasteiger partial charge on any atom is 0.180 e. The lowest BCUT2D eigenvalue weighted by Gasteiger charge is -2.10. The van der Waals surface area contributed by atoms with Gasteiger partial charge in [-0.15, -0.1) is 0 Å². The van der Waals surface area contributed by atoms with E-state index < -0.39 is 0 Å². The zero-order valence-corrected chi connectivity index (χ0v) is 60.6. The molecule has 8 heteroatoms. The smallest absolute Gasteiger partial charge is 0.180 e. The van der Waals surface area contributed by atoms with Gasteiger partial charge in [-0.05, 0) is 158 Å². The minimum absolute atomic E-state index is 0.665. The summed E-state index contributed by atoms with van der Waals surface area (Å²) >= 11 is 0. The van der Waals surface area contributed by atoms with Crippen molar-refractivity contribution in [2.75, 3.05) is 0 Å². The number of nitrogens with zero attached hydrogens (tertiary/aromatic N) is 6. The summed E-state index contributed by atoms with van der Waals surface area (Å²) in [6.07, 6.45) is 0. The number of para-hydroxylation sites is 4. The van der Waals surface area contributed by atoms with Crippen molar-refractivity contribution in [3.63, 3.8) is 0 Å². The Bertz CT molecular complexity index is 7320. The van der Waals surface area contributed by atoms with Crippen molar-refractivity contribution in [3.05, 3.63) is 400 Å². The average Bonchev–Trinajstić information content (AvgIpc) is 1.59. The lowest BCUT2D eigenvalue weighted by Crippen LogP contribution is -1.94. The van der Waals surface area contributed by atoms with Gasteiger partial charge >= 0.3 is 0 Å². The van der Waals surface area contributed by atoms with E-state index in [4.69, 9.17) is 28.8 Å². The van der Waals surface area contributed by atoms with Crippen LogP contribution in [0.1, 0.15) is 0 Å². The van der Waals surface area contributed by atoms with Crippen LogP contribution in [0.15, 0.2) is 409 Å². The van der Waals surface area contributed by atoms with E-state index in [1.807, 2.05) is 48.5 Å². The molecule has 22 aromatic rings. The van der Waals surface area contributed by atoms with Gasteiger partial charge in [0.2, 0.25) is 0 Å². The first-order valence-electron chi connectivity index (χ1n) is 37.8. The van der Waals surface area contributed by atoms with Gasteiger partial charge in [-0.1, -0.05) is 309 Å². The molecule has 0 atom stereocenters. The second kappa shape index (κ2) is 27.6. The first-order chi connectivity index (χ1) is 55.5. The van der Waals surface area contributed by atoms with Crippen molar-refractivity contribution in [1.29, 1.82) is 0 Å². The third-order valence-electron chi connectivity index (χ3n) is 21.7. The maximum atomic E-state index is 6.63. The number of benzene rings is 16. The molecule has 0 radical (unpaired) electrons. The van der Waals surface area contributed by atoms with E-state index in [1.54, 1.807) is 0 Å². The van der Waals surface area contributed by atoms with E-state index >= 15 is 0 Å². The van der Waals surface area contributed by atoms with Gasteiger partial charge in [0, 0.05) is 65.9 Å². The summed E-state index contributed by atoms with van der Waals surface area (Å²) in [4.78, 5) is 20.6. The highest BCUT2D eigenvalue weighted by Crippen LogP contribution is 2.45. The van der Waals surface area contributed by atoms with Gasteiger partial charge in [0.25, 0.3) is 0 Å². The Morgan fingerprint density at radius 2 is 0.518 bits per heavy atom. The van der Waals surface area contributed by atoms with Crippen molar-refractivity contribution in [1.82, 2.24) is 29.1 Å². The molecule has 0 amide bonds. The Morgan fingerprint density at radius 1 is 0.196 bits per heavy atom. The minimum Gasteiger partial charge on any atom is -0.452 e. The first-order valence-corrected chi connectivity index (χ1v) is 37.8. The SMILES string of the molecule is c1ccc(-c2ccc(-c3nc(-c4ccccc4)nc4c3oc3ccc(-c5cccc(-c6ccc7c(c6)c6ccccc6n7-c6ccccc6)c5)cc34)cc2)cc1.c1ccc(-c2ccc(-c3nc(-c4ccccc4)nc4c3oc3ccc(-c5cccc(-c6cccc7c6c6ccccc6n7-c6ccccc6)c5)cc34)cc2)cc1. The molecule has 0 unspecified atom stereocenters.